The number of benzene rings is 1. The van der Waals surface area contributed by atoms with Gasteiger partial charge in [-0.1, -0.05) is 30.3 Å². The van der Waals surface area contributed by atoms with Gasteiger partial charge in [-0.15, -0.1) is 0 Å². The van der Waals surface area contributed by atoms with Gasteiger partial charge in [0.1, 0.15) is 13.1 Å². The van der Waals surface area contributed by atoms with Crippen LogP contribution in [-0.2, 0) is 4.74 Å². The molecule has 2 atom stereocenters. The van der Waals surface area contributed by atoms with Crippen LogP contribution in [0.3, 0.4) is 0 Å². The van der Waals surface area contributed by atoms with Crippen molar-refractivity contribution in [1.82, 2.24) is 0 Å². The van der Waals surface area contributed by atoms with Gasteiger partial charge in [0.05, 0.1) is 26.2 Å². The molecular formula is C20H36N2O+2. The van der Waals surface area contributed by atoms with E-state index in [4.69, 9.17) is 4.74 Å². The fraction of sp³-hybridized carbons (Fsp3) is 0.700. The minimum Gasteiger partial charge on any atom is -0.376 e. The molecule has 0 amide bonds. The summed E-state index contributed by atoms with van der Waals surface area (Å²) in [6.45, 7) is 9.09. The zero-order chi connectivity index (χ0) is 16.7. The molecule has 130 valence electrons. The number of ether oxygens (including phenoxy) is 1. The third kappa shape index (κ3) is 6.25. The smallest absolute Gasteiger partial charge is 0.126 e. The van der Waals surface area contributed by atoms with Crippen LogP contribution in [0.1, 0.15) is 44.6 Å². The van der Waals surface area contributed by atoms with Crippen LogP contribution in [0, 0.1) is 5.92 Å². The Balaban J connectivity index is 1.95. The molecule has 0 bridgehead atoms. The van der Waals surface area contributed by atoms with E-state index in [-0.39, 0.29) is 5.60 Å². The summed E-state index contributed by atoms with van der Waals surface area (Å²) in [5.41, 5.74) is 1.55. The molecule has 0 unspecified atom stereocenters. The summed E-state index contributed by atoms with van der Waals surface area (Å²) in [6, 6.07) is 11.1. The molecule has 2 rings (SSSR count). The highest BCUT2D eigenvalue weighted by Crippen LogP contribution is 2.39. The van der Waals surface area contributed by atoms with E-state index in [1.165, 1.54) is 49.4 Å². The average Bonchev–Trinajstić information content (AvgIpc) is 2.50. The van der Waals surface area contributed by atoms with Crippen molar-refractivity contribution in [2.45, 2.75) is 44.6 Å². The Morgan fingerprint density at radius 1 is 1.22 bits per heavy atom. The normalized spacial score (nSPS) is 22.2. The first kappa shape index (κ1) is 18.4. The van der Waals surface area contributed by atoms with Gasteiger partial charge in [-0.25, -0.2) is 0 Å². The van der Waals surface area contributed by atoms with Crippen LogP contribution in [-0.4, -0.2) is 45.9 Å². The maximum Gasteiger partial charge on any atom is 0.126 e. The number of nitrogens with two attached hydrogens (primary N) is 1. The molecule has 0 aromatic heterocycles. The predicted octanol–water partition coefficient (Wildman–Crippen LogP) is 1.07. The van der Waals surface area contributed by atoms with Gasteiger partial charge in [0.25, 0.3) is 0 Å². The molecule has 1 heterocycles. The van der Waals surface area contributed by atoms with E-state index >= 15 is 0 Å². The van der Waals surface area contributed by atoms with Gasteiger partial charge in [-0.05, 0) is 44.1 Å². The first-order valence-electron chi connectivity index (χ1n) is 9.27. The molecule has 1 aromatic rings. The summed E-state index contributed by atoms with van der Waals surface area (Å²) < 4.78 is 5.94. The van der Waals surface area contributed by atoms with Gasteiger partial charge in [0.2, 0.25) is 0 Å². The maximum atomic E-state index is 5.94. The van der Waals surface area contributed by atoms with Crippen molar-refractivity contribution in [2.75, 3.05) is 40.3 Å². The van der Waals surface area contributed by atoms with Crippen molar-refractivity contribution in [3.05, 3.63) is 35.9 Å². The minimum absolute atomic E-state index is 0.0357. The number of quaternary nitrogens is 2. The lowest BCUT2D eigenvalue weighted by Crippen LogP contribution is -3.09. The second-order valence-electron chi connectivity index (χ2n) is 7.99. The Bertz CT molecular complexity index is 444. The Morgan fingerprint density at radius 2 is 1.96 bits per heavy atom. The quantitative estimate of drug-likeness (QED) is 0.690. The lowest BCUT2D eigenvalue weighted by Gasteiger charge is -2.39. The number of nitrogens with one attached hydrogen (secondary N) is 1. The molecule has 23 heavy (non-hydrogen) atoms. The number of hydrogen-bond acceptors (Lipinski definition) is 1. The lowest BCUT2D eigenvalue weighted by atomic mass is 9.75. The van der Waals surface area contributed by atoms with Gasteiger partial charge in [-0.2, -0.15) is 0 Å². The summed E-state index contributed by atoms with van der Waals surface area (Å²) >= 11 is 0. The number of hydrogen-bond donors (Lipinski definition) is 2. The average molecular weight is 321 g/mol. The molecular weight excluding hydrogens is 284 g/mol. The van der Waals surface area contributed by atoms with Crippen molar-refractivity contribution in [3.63, 3.8) is 0 Å². The zero-order valence-corrected chi connectivity index (χ0v) is 15.5. The van der Waals surface area contributed by atoms with Crippen molar-refractivity contribution < 1.29 is 15.0 Å². The summed E-state index contributed by atoms with van der Waals surface area (Å²) in [4.78, 5) is 1.53. The highest BCUT2D eigenvalue weighted by atomic mass is 16.5. The molecule has 1 aliphatic heterocycles. The topological polar surface area (TPSA) is 30.3 Å². The minimum atomic E-state index is 0.0357. The zero-order valence-electron chi connectivity index (χ0n) is 15.5. The molecule has 0 radical (unpaired) electrons. The summed E-state index contributed by atoms with van der Waals surface area (Å²) in [5.74, 6) is 1.41. The van der Waals surface area contributed by atoms with Crippen molar-refractivity contribution in [1.29, 1.82) is 0 Å². The second-order valence-corrected chi connectivity index (χ2v) is 7.99. The van der Waals surface area contributed by atoms with Crippen LogP contribution in [0.2, 0.25) is 0 Å². The standard InChI is InChI=1S/C20H34N2O/c1-20(2)16-18(11-15-23-20)19(17-8-6-5-7-9-17)10-12-21-13-14-22(3)4/h5-9,18-19,21H,10-16H2,1-4H3/p+2/t18-,19-/m0/s1. The van der Waals surface area contributed by atoms with Crippen LogP contribution in [0.25, 0.3) is 0 Å². The molecule has 1 saturated heterocycles. The summed E-state index contributed by atoms with van der Waals surface area (Å²) in [5, 5.41) is 2.49. The van der Waals surface area contributed by atoms with E-state index < -0.39 is 0 Å². The first-order valence-corrected chi connectivity index (χ1v) is 9.27. The van der Waals surface area contributed by atoms with Crippen molar-refractivity contribution >= 4 is 0 Å². The van der Waals surface area contributed by atoms with Crippen LogP contribution in [0.5, 0.6) is 0 Å². The molecule has 3 N–H and O–H groups in total. The van der Waals surface area contributed by atoms with Crippen LogP contribution in [0.15, 0.2) is 30.3 Å². The molecule has 1 fully saturated rings. The highest BCUT2D eigenvalue weighted by Gasteiger charge is 2.34. The van der Waals surface area contributed by atoms with Crippen LogP contribution >= 0.6 is 0 Å². The molecule has 0 aliphatic carbocycles. The van der Waals surface area contributed by atoms with E-state index in [1.54, 1.807) is 0 Å². The molecule has 1 aromatic carbocycles. The Morgan fingerprint density at radius 3 is 2.61 bits per heavy atom. The molecule has 0 saturated carbocycles. The number of rotatable bonds is 8. The van der Waals surface area contributed by atoms with Crippen molar-refractivity contribution in [2.24, 2.45) is 5.92 Å². The molecule has 0 spiro atoms. The van der Waals surface area contributed by atoms with Gasteiger partial charge < -0.3 is 15.0 Å². The molecule has 3 nitrogen and oxygen atoms in total. The Hall–Kier alpha value is -0.900. The largest absolute Gasteiger partial charge is 0.376 e. The van der Waals surface area contributed by atoms with E-state index in [1.807, 2.05) is 0 Å². The van der Waals surface area contributed by atoms with E-state index in [2.05, 4.69) is 63.6 Å². The SMILES string of the molecule is C[NH+](C)CC[NH2+]CC[C@@H](c1ccccc1)[C@H]1CCOC(C)(C)C1. The van der Waals surface area contributed by atoms with Crippen LogP contribution in [0.4, 0.5) is 0 Å². The monoisotopic (exact) mass is 320 g/mol. The lowest BCUT2D eigenvalue weighted by molar-refractivity contribution is -0.874. The van der Waals surface area contributed by atoms with Gasteiger partial charge in [0, 0.05) is 13.0 Å². The fourth-order valence-corrected chi connectivity index (χ4v) is 3.83. The maximum absolute atomic E-state index is 5.94. The van der Waals surface area contributed by atoms with E-state index in [0.717, 1.165) is 12.5 Å². The second kappa shape index (κ2) is 8.81. The molecule has 1 aliphatic rings. The van der Waals surface area contributed by atoms with Crippen molar-refractivity contribution in [3.8, 4) is 0 Å². The Kier molecular flexibility index (Phi) is 7.07. The third-order valence-corrected chi connectivity index (χ3v) is 5.06. The van der Waals surface area contributed by atoms with Gasteiger partial charge in [-0.3, -0.25) is 0 Å². The molecule has 3 heteroatoms. The fourth-order valence-electron chi connectivity index (χ4n) is 3.83. The van der Waals surface area contributed by atoms with Gasteiger partial charge in [0.15, 0.2) is 0 Å². The van der Waals surface area contributed by atoms with E-state index in [0.29, 0.717) is 5.92 Å². The number of likely N-dealkylation sites (N-methyl/N-ethyl adjacent to an activating group) is 1. The Labute approximate surface area is 142 Å². The van der Waals surface area contributed by atoms with Gasteiger partial charge >= 0.3 is 0 Å². The summed E-state index contributed by atoms with van der Waals surface area (Å²) in [6.07, 6.45) is 3.65. The predicted molar refractivity (Wildman–Crippen MR) is 95.9 cm³/mol. The van der Waals surface area contributed by atoms with E-state index in [9.17, 15) is 0 Å². The summed E-state index contributed by atoms with van der Waals surface area (Å²) in [7, 11) is 4.45. The third-order valence-electron chi connectivity index (χ3n) is 5.06. The van der Waals surface area contributed by atoms with Crippen LogP contribution < -0.4 is 10.2 Å². The highest BCUT2D eigenvalue weighted by molar-refractivity contribution is 5.20. The first-order chi connectivity index (χ1) is 11.0.